The average Bonchev–Trinajstić information content (AvgIpc) is 2.61. The van der Waals surface area contributed by atoms with Gasteiger partial charge in [-0.15, -0.1) is 0 Å². The molecule has 0 atom stereocenters. The number of hydrogen-bond donors (Lipinski definition) is 0. The smallest absolute Gasteiger partial charge is 0.135 e. The minimum Gasteiger partial charge on any atom is -0.391 e. The van der Waals surface area contributed by atoms with Gasteiger partial charge in [-0.05, 0) is 25.3 Å². The van der Waals surface area contributed by atoms with E-state index in [9.17, 15) is 0 Å². The molecule has 1 aliphatic carbocycles. The lowest BCUT2D eigenvalue weighted by Gasteiger charge is -2.01. The molecule has 0 bridgehead atoms. The molecule has 0 radical (unpaired) electrons. The van der Waals surface area contributed by atoms with Gasteiger partial charge in [0.2, 0.25) is 0 Å². The third-order valence-corrected chi connectivity index (χ3v) is 2.57. The number of oxime groups is 1. The molecule has 78 valence electrons. The molecule has 0 spiro atoms. The number of nitrogens with zero attached hydrogens (tertiary/aromatic N) is 1. The zero-order chi connectivity index (χ0) is 10.7. The van der Waals surface area contributed by atoms with Crippen molar-refractivity contribution in [1.29, 1.82) is 0 Å². The normalized spacial score (nSPS) is 16.5. The highest BCUT2D eigenvalue weighted by molar-refractivity contribution is 6.04. The van der Waals surface area contributed by atoms with Gasteiger partial charge in [0.05, 0.1) is 5.71 Å². The predicted molar refractivity (Wildman–Crippen MR) is 62.2 cm³/mol. The van der Waals surface area contributed by atoms with Gasteiger partial charge in [-0.1, -0.05) is 41.6 Å². The largest absolute Gasteiger partial charge is 0.391 e. The molecule has 0 amide bonds. The lowest BCUT2D eigenvalue weighted by molar-refractivity contribution is 0.174. The van der Waals surface area contributed by atoms with Crippen molar-refractivity contribution >= 4 is 5.71 Å². The van der Waals surface area contributed by atoms with E-state index in [2.05, 4.69) is 36.9 Å². The van der Waals surface area contributed by atoms with Crippen LogP contribution in [-0.4, -0.2) is 12.3 Å². The van der Waals surface area contributed by atoms with Crippen molar-refractivity contribution in [1.82, 2.24) is 0 Å². The summed E-state index contributed by atoms with van der Waals surface area (Å²) in [6.07, 6.45) is 3.76. The second kappa shape index (κ2) is 4.30. The maximum atomic E-state index is 5.12. The molecule has 1 aromatic rings. The van der Waals surface area contributed by atoms with Gasteiger partial charge in [0.1, 0.15) is 6.61 Å². The van der Waals surface area contributed by atoms with Gasteiger partial charge in [-0.3, -0.25) is 0 Å². The molecule has 0 saturated heterocycles. The van der Waals surface area contributed by atoms with Gasteiger partial charge < -0.3 is 4.84 Å². The zero-order valence-electron chi connectivity index (χ0n) is 8.99. The summed E-state index contributed by atoms with van der Waals surface area (Å²) in [5, 5.41) is 4.13. The van der Waals surface area contributed by atoms with Crippen molar-refractivity contribution in [2.24, 2.45) is 5.16 Å². The lowest BCUT2D eigenvalue weighted by Crippen LogP contribution is -1.96. The Hall–Kier alpha value is -1.57. The molecular weight excluding hydrogens is 186 g/mol. The fraction of sp³-hybridized carbons (Fsp3) is 0.308. The van der Waals surface area contributed by atoms with Crippen LogP contribution in [0.15, 0.2) is 36.0 Å². The Bertz CT molecular complexity index is 407. The zero-order valence-corrected chi connectivity index (χ0v) is 8.99. The monoisotopic (exact) mass is 201 g/mol. The summed E-state index contributed by atoms with van der Waals surface area (Å²) < 4.78 is 0. The van der Waals surface area contributed by atoms with E-state index in [1.807, 2.05) is 0 Å². The van der Waals surface area contributed by atoms with Crippen molar-refractivity contribution in [3.05, 3.63) is 47.5 Å². The Balaban J connectivity index is 2.21. The molecule has 2 rings (SSSR count). The number of fused-ring (bicyclic) bond motifs is 1. The maximum absolute atomic E-state index is 5.12. The second-order valence-corrected chi connectivity index (χ2v) is 3.78. The molecule has 0 aromatic heterocycles. The molecule has 2 nitrogen and oxygen atoms in total. The third kappa shape index (κ3) is 2.09. The molecule has 0 fully saturated rings. The van der Waals surface area contributed by atoms with E-state index in [0.29, 0.717) is 6.61 Å². The molecule has 0 saturated carbocycles. The first-order valence-electron chi connectivity index (χ1n) is 5.21. The highest BCUT2D eigenvalue weighted by Gasteiger charge is 2.17. The maximum Gasteiger partial charge on any atom is 0.135 e. The Morgan fingerprint density at radius 2 is 2.33 bits per heavy atom. The summed E-state index contributed by atoms with van der Waals surface area (Å²) in [7, 11) is 0. The molecule has 15 heavy (non-hydrogen) atoms. The first-order valence-corrected chi connectivity index (χ1v) is 5.21. The van der Waals surface area contributed by atoms with Crippen LogP contribution in [-0.2, 0) is 11.3 Å². The van der Waals surface area contributed by atoms with Gasteiger partial charge in [0, 0.05) is 5.56 Å². The molecular formula is C13H15NO. The van der Waals surface area contributed by atoms with E-state index in [-0.39, 0.29) is 0 Å². The average molecular weight is 201 g/mol. The van der Waals surface area contributed by atoms with E-state index in [4.69, 9.17) is 4.84 Å². The van der Waals surface area contributed by atoms with Crippen LogP contribution in [0.1, 0.15) is 23.1 Å². The Kier molecular flexibility index (Phi) is 2.86. The van der Waals surface area contributed by atoms with Crippen LogP contribution in [0.25, 0.3) is 0 Å². The van der Waals surface area contributed by atoms with Crippen molar-refractivity contribution in [3.63, 3.8) is 0 Å². The third-order valence-electron chi connectivity index (χ3n) is 2.57. The SMILES string of the molecule is C=CCON=C1CCc2cc(C)ccc21. The van der Waals surface area contributed by atoms with E-state index in [1.165, 1.54) is 16.7 Å². The summed E-state index contributed by atoms with van der Waals surface area (Å²) in [5.74, 6) is 0. The molecule has 0 N–H and O–H groups in total. The van der Waals surface area contributed by atoms with E-state index >= 15 is 0 Å². The molecule has 2 heteroatoms. The molecule has 1 aromatic carbocycles. The topological polar surface area (TPSA) is 21.6 Å². The fourth-order valence-electron chi connectivity index (χ4n) is 1.86. The summed E-state index contributed by atoms with van der Waals surface area (Å²) >= 11 is 0. The van der Waals surface area contributed by atoms with Crippen LogP contribution in [0.5, 0.6) is 0 Å². The van der Waals surface area contributed by atoms with Crippen molar-refractivity contribution in [2.45, 2.75) is 19.8 Å². The predicted octanol–water partition coefficient (Wildman–Crippen LogP) is 2.85. The first kappa shape index (κ1) is 9.97. The lowest BCUT2D eigenvalue weighted by atomic mass is 10.1. The first-order chi connectivity index (χ1) is 7.31. The minimum absolute atomic E-state index is 0.477. The second-order valence-electron chi connectivity index (χ2n) is 3.78. The van der Waals surface area contributed by atoms with Crippen LogP contribution in [0.3, 0.4) is 0 Å². The fourth-order valence-corrected chi connectivity index (χ4v) is 1.86. The number of hydrogen-bond acceptors (Lipinski definition) is 2. The van der Waals surface area contributed by atoms with E-state index < -0.39 is 0 Å². The Morgan fingerprint density at radius 1 is 1.47 bits per heavy atom. The minimum atomic E-state index is 0.477. The van der Waals surface area contributed by atoms with Crippen LogP contribution in [0.2, 0.25) is 0 Å². The molecule has 1 aliphatic rings. The highest BCUT2D eigenvalue weighted by atomic mass is 16.6. The Labute approximate surface area is 90.3 Å². The van der Waals surface area contributed by atoms with Gasteiger partial charge in [0.25, 0.3) is 0 Å². The van der Waals surface area contributed by atoms with Gasteiger partial charge in [0.15, 0.2) is 0 Å². The van der Waals surface area contributed by atoms with Crippen molar-refractivity contribution in [3.8, 4) is 0 Å². The van der Waals surface area contributed by atoms with Gasteiger partial charge in [-0.2, -0.15) is 0 Å². The molecule has 0 unspecified atom stereocenters. The van der Waals surface area contributed by atoms with E-state index in [0.717, 1.165) is 18.6 Å². The van der Waals surface area contributed by atoms with Crippen LogP contribution >= 0.6 is 0 Å². The standard InChI is InChI=1S/C13H15NO/c1-3-8-15-14-13-7-5-11-9-10(2)4-6-12(11)13/h3-4,6,9H,1,5,7-8H2,2H3. The van der Waals surface area contributed by atoms with Crippen LogP contribution in [0.4, 0.5) is 0 Å². The number of rotatable bonds is 3. The number of aryl methyl sites for hydroxylation is 2. The van der Waals surface area contributed by atoms with Gasteiger partial charge >= 0.3 is 0 Å². The summed E-state index contributed by atoms with van der Waals surface area (Å²) in [6.45, 7) is 6.18. The highest BCUT2D eigenvalue weighted by Crippen LogP contribution is 2.23. The summed E-state index contributed by atoms with van der Waals surface area (Å²) in [6, 6.07) is 6.48. The summed E-state index contributed by atoms with van der Waals surface area (Å²) in [5.41, 5.74) is 4.99. The van der Waals surface area contributed by atoms with Crippen LogP contribution < -0.4 is 0 Å². The van der Waals surface area contributed by atoms with Crippen molar-refractivity contribution < 1.29 is 4.84 Å². The van der Waals surface area contributed by atoms with Gasteiger partial charge in [-0.25, -0.2) is 0 Å². The summed E-state index contributed by atoms with van der Waals surface area (Å²) in [4.78, 5) is 5.12. The molecule has 0 aliphatic heterocycles. The van der Waals surface area contributed by atoms with E-state index in [1.54, 1.807) is 6.08 Å². The van der Waals surface area contributed by atoms with Crippen LogP contribution in [0, 0.1) is 6.92 Å². The number of benzene rings is 1. The van der Waals surface area contributed by atoms with Crippen molar-refractivity contribution in [2.75, 3.05) is 6.61 Å². The molecule has 0 heterocycles. The quantitative estimate of drug-likeness (QED) is 0.418. The Morgan fingerprint density at radius 3 is 3.13 bits per heavy atom.